The number of fused-ring (bicyclic) bond motifs is 2. The van der Waals surface area contributed by atoms with E-state index in [2.05, 4.69) is 33.5 Å². The lowest BCUT2D eigenvalue weighted by molar-refractivity contribution is 0.0594. The molecule has 2 heterocycles. The molecule has 2 atom stereocenters. The minimum absolute atomic E-state index is 0.0454. The summed E-state index contributed by atoms with van der Waals surface area (Å²) < 4.78 is 1.87. The maximum Gasteiger partial charge on any atom is 0.274 e. The fourth-order valence-corrected chi connectivity index (χ4v) is 5.17. The summed E-state index contributed by atoms with van der Waals surface area (Å²) in [7, 11) is 1.91. The van der Waals surface area contributed by atoms with Crippen LogP contribution in [-0.4, -0.2) is 30.8 Å². The number of amides is 1. The molecule has 5 rings (SSSR count). The maximum atomic E-state index is 13.1. The molecule has 168 valence electrons. The van der Waals surface area contributed by atoms with Crippen LogP contribution in [0, 0.1) is 0 Å². The van der Waals surface area contributed by atoms with Crippen LogP contribution in [0.5, 0.6) is 0 Å². The van der Waals surface area contributed by atoms with E-state index in [4.69, 9.17) is 0 Å². The van der Waals surface area contributed by atoms with Gasteiger partial charge >= 0.3 is 0 Å². The molecule has 0 bridgehead atoms. The summed E-state index contributed by atoms with van der Waals surface area (Å²) in [6.45, 7) is 3.92. The van der Waals surface area contributed by atoms with Crippen molar-refractivity contribution in [1.29, 1.82) is 0 Å². The smallest absolute Gasteiger partial charge is 0.274 e. The monoisotopic (exact) mass is 459 g/mol. The van der Waals surface area contributed by atoms with E-state index in [1.54, 1.807) is 24.2 Å². The Hall–Kier alpha value is -3.23. The molecule has 2 N–H and O–H groups in total. The summed E-state index contributed by atoms with van der Waals surface area (Å²) in [5.74, 6) is -0.264. The molecular formula is C25H25N5O2S. The van der Waals surface area contributed by atoms with Gasteiger partial charge in [0.2, 0.25) is 0 Å². The van der Waals surface area contributed by atoms with Crippen molar-refractivity contribution in [3.63, 3.8) is 0 Å². The van der Waals surface area contributed by atoms with Crippen LogP contribution in [0.25, 0.3) is 10.9 Å². The lowest BCUT2D eigenvalue weighted by Gasteiger charge is -2.22. The van der Waals surface area contributed by atoms with E-state index >= 15 is 0 Å². The number of benzene rings is 2. The van der Waals surface area contributed by atoms with Crippen molar-refractivity contribution in [2.24, 2.45) is 7.05 Å². The summed E-state index contributed by atoms with van der Waals surface area (Å²) in [6.07, 6.45) is 2.99. The molecule has 1 amide bonds. The van der Waals surface area contributed by atoms with Gasteiger partial charge in [0.1, 0.15) is 12.0 Å². The third-order valence-corrected chi connectivity index (χ3v) is 7.42. The number of carbonyl (C=O) groups is 1. The van der Waals surface area contributed by atoms with Crippen LogP contribution in [0.2, 0.25) is 0 Å². The number of hydrogen-bond acceptors (Lipinski definition) is 6. The van der Waals surface area contributed by atoms with Gasteiger partial charge in [0, 0.05) is 23.4 Å². The number of nitrogens with one attached hydrogen (secondary N) is 1. The highest BCUT2D eigenvalue weighted by molar-refractivity contribution is 7.99. The first-order chi connectivity index (χ1) is 15.8. The molecule has 0 radical (unpaired) electrons. The average Bonchev–Trinajstić information content (AvgIpc) is 3.35. The Morgan fingerprint density at radius 3 is 2.85 bits per heavy atom. The zero-order valence-corrected chi connectivity index (χ0v) is 19.6. The lowest BCUT2D eigenvalue weighted by atomic mass is 9.94. The van der Waals surface area contributed by atoms with Crippen LogP contribution in [-0.2, 0) is 19.1 Å². The van der Waals surface area contributed by atoms with Gasteiger partial charge in [-0.15, -0.1) is 10.2 Å². The number of rotatable bonds is 5. The van der Waals surface area contributed by atoms with Crippen molar-refractivity contribution in [1.82, 2.24) is 19.7 Å². The third-order valence-electron chi connectivity index (χ3n) is 6.22. The van der Waals surface area contributed by atoms with Gasteiger partial charge in [0.25, 0.3) is 5.91 Å². The van der Waals surface area contributed by atoms with Crippen molar-refractivity contribution in [3.8, 4) is 0 Å². The molecule has 2 unspecified atom stereocenters. The number of aliphatic hydroxyl groups is 1. The Balaban J connectivity index is 1.49. The van der Waals surface area contributed by atoms with Crippen LogP contribution in [0.3, 0.4) is 0 Å². The van der Waals surface area contributed by atoms with Gasteiger partial charge in [0.05, 0.1) is 11.1 Å². The fraction of sp³-hybridized carbons (Fsp3) is 0.280. The van der Waals surface area contributed by atoms with Crippen LogP contribution in [0.15, 0.2) is 60.0 Å². The van der Waals surface area contributed by atoms with Gasteiger partial charge < -0.3 is 15.0 Å². The van der Waals surface area contributed by atoms with Gasteiger partial charge in [-0.1, -0.05) is 42.1 Å². The van der Waals surface area contributed by atoms with E-state index in [1.807, 2.05) is 54.9 Å². The van der Waals surface area contributed by atoms with Crippen molar-refractivity contribution >= 4 is 34.3 Å². The molecule has 0 saturated carbocycles. The minimum Gasteiger partial charge on any atom is -0.385 e. The van der Waals surface area contributed by atoms with E-state index in [1.165, 1.54) is 0 Å². The number of aromatic nitrogens is 4. The average molecular weight is 460 g/mol. The topological polar surface area (TPSA) is 92.9 Å². The second-order valence-electron chi connectivity index (χ2n) is 8.70. The van der Waals surface area contributed by atoms with Crippen molar-refractivity contribution in [2.45, 2.75) is 42.7 Å². The number of thioether (sulfide) groups is 1. The van der Waals surface area contributed by atoms with E-state index in [0.717, 1.165) is 38.4 Å². The highest BCUT2D eigenvalue weighted by Gasteiger charge is 2.35. The van der Waals surface area contributed by atoms with Gasteiger partial charge in [-0.2, -0.15) is 0 Å². The Kier molecular flexibility index (Phi) is 5.42. The number of para-hydroxylation sites is 1. The van der Waals surface area contributed by atoms with Crippen LogP contribution in [0.1, 0.15) is 52.7 Å². The number of nitrogens with zero attached hydrogens (tertiary/aromatic N) is 4. The standard InChI is InChI=1S/C25H25N5O2S/c1-15(33-24-29-26-14-30(24)3)17-12-19-18(10-11-25(19,2)32)22(13-17)28-23(31)21-9-8-16-6-4-5-7-20(16)27-21/h4-9,12-15,32H,10-11H2,1-3H3,(H,28,31). The predicted molar refractivity (Wildman–Crippen MR) is 129 cm³/mol. The molecule has 0 spiro atoms. The lowest BCUT2D eigenvalue weighted by Crippen LogP contribution is -2.18. The first-order valence-electron chi connectivity index (χ1n) is 10.9. The highest BCUT2D eigenvalue weighted by Crippen LogP contribution is 2.44. The van der Waals surface area contributed by atoms with Gasteiger partial charge in [-0.25, -0.2) is 4.98 Å². The quantitative estimate of drug-likeness (QED) is 0.423. The summed E-state index contributed by atoms with van der Waals surface area (Å²) in [6, 6.07) is 15.4. The zero-order chi connectivity index (χ0) is 23.2. The van der Waals surface area contributed by atoms with Gasteiger partial charge in [0.15, 0.2) is 5.16 Å². The summed E-state index contributed by atoms with van der Waals surface area (Å²) >= 11 is 1.58. The molecule has 1 aliphatic rings. The first-order valence-corrected chi connectivity index (χ1v) is 11.8. The van der Waals surface area contributed by atoms with Gasteiger partial charge in [-0.3, -0.25) is 4.79 Å². The Labute approximate surface area is 196 Å². The Bertz CT molecular complexity index is 1360. The molecular weight excluding hydrogens is 434 g/mol. The SMILES string of the molecule is CC(Sc1nncn1C)c1cc(NC(=O)c2ccc3ccccc3n2)c2c(c1)C(C)(O)CC2. The molecule has 0 aliphatic heterocycles. The molecule has 33 heavy (non-hydrogen) atoms. The molecule has 8 heteroatoms. The molecule has 1 aliphatic carbocycles. The van der Waals surface area contributed by atoms with Crippen molar-refractivity contribution < 1.29 is 9.90 Å². The minimum atomic E-state index is -0.929. The zero-order valence-electron chi connectivity index (χ0n) is 18.7. The largest absolute Gasteiger partial charge is 0.385 e. The Morgan fingerprint density at radius 1 is 1.24 bits per heavy atom. The van der Waals surface area contributed by atoms with Crippen LogP contribution >= 0.6 is 11.8 Å². The second-order valence-corrected chi connectivity index (χ2v) is 10.0. The summed E-state index contributed by atoms with van der Waals surface area (Å²) in [5, 5.41) is 24.0. The summed E-state index contributed by atoms with van der Waals surface area (Å²) in [4.78, 5) is 17.7. The van der Waals surface area contributed by atoms with Crippen molar-refractivity contribution in [3.05, 3.63) is 77.2 Å². The van der Waals surface area contributed by atoms with Crippen LogP contribution < -0.4 is 5.32 Å². The second kappa shape index (κ2) is 8.28. The maximum absolute atomic E-state index is 13.1. The molecule has 2 aromatic carbocycles. The molecule has 0 fully saturated rings. The highest BCUT2D eigenvalue weighted by atomic mass is 32.2. The number of carbonyl (C=O) groups excluding carboxylic acids is 1. The number of hydrogen-bond donors (Lipinski definition) is 2. The Morgan fingerprint density at radius 2 is 2.06 bits per heavy atom. The van der Waals surface area contributed by atoms with Crippen LogP contribution in [0.4, 0.5) is 5.69 Å². The van der Waals surface area contributed by atoms with E-state index in [-0.39, 0.29) is 11.2 Å². The van der Waals surface area contributed by atoms with E-state index in [0.29, 0.717) is 18.5 Å². The third kappa shape index (κ3) is 4.12. The molecule has 7 nitrogen and oxygen atoms in total. The summed E-state index contributed by atoms with van der Waals surface area (Å²) in [5.41, 5.74) is 3.79. The predicted octanol–water partition coefficient (Wildman–Crippen LogP) is 4.62. The molecule has 4 aromatic rings. The van der Waals surface area contributed by atoms with E-state index < -0.39 is 5.60 Å². The number of aryl methyl sites for hydroxylation is 1. The van der Waals surface area contributed by atoms with Crippen molar-refractivity contribution in [2.75, 3.05) is 5.32 Å². The van der Waals surface area contributed by atoms with Gasteiger partial charge in [-0.05, 0) is 61.6 Å². The van der Waals surface area contributed by atoms with E-state index in [9.17, 15) is 9.90 Å². The fourth-order valence-electron chi connectivity index (χ4n) is 4.28. The number of anilines is 1. The molecule has 0 saturated heterocycles. The number of pyridine rings is 1. The molecule has 2 aromatic heterocycles. The normalized spacial score (nSPS) is 18.3. The first kappa shape index (κ1) is 21.6.